The standard InChI is InChI=1S/C16H19NO5/c1-22-12-5-2-4-11(10-12)14(18)7-8-15(19)17-9-3-6-13(17)16(20)21/h2,4-5,10,13H,3,6-9H2,1H3,(H,20,21)/t13-/m0/s1. The number of carboxylic acids is 1. The monoisotopic (exact) mass is 305 g/mol. The van der Waals surface area contributed by atoms with E-state index in [1.54, 1.807) is 24.3 Å². The molecule has 0 saturated carbocycles. The molecule has 0 aromatic heterocycles. The highest BCUT2D eigenvalue weighted by molar-refractivity contribution is 5.98. The lowest BCUT2D eigenvalue weighted by molar-refractivity contribution is -0.148. The molecule has 1 N–H and O–H groups in total. The average molecular weight is 305 g/mol. The third-order valence-electron chi connectivity index (χ3n) is 3.82. The lowest BCUT2D eigenvalue weighted by atomic mass is 10.1. The van der Waals surface area contributed by atoms with Crippen molar-refractivity contribution in [1.29, 1.82) is 0 Å². The van der Waals surface area contributed by atoms with Gasteiger partial charge in [-0.25, -0.2) is 4.79 Å². The molecular weight excluding hydrogens is 286 g/mol. The van der Waals surface area contributed by atoms with E-state index in [1.165, 1.54) is 12.0 Å². The van der Waals surface area contributed by atoms with Gasteiger partial charge in [0.05, 0.1) is 7.11 Å². The molecule has 0 radical (unpaired) electrons. The third kappa shape index (κ3) is 3.63. The Morgan fingerprint density at radius 3 is 2.77 bits per heavy atom. The zero-order valence-electron chi connectivity index (χ0n) is 12.4. The Morgan fingerprint density at radius 1 is 1.32 bits per heavy atom. The topological polar surface area (TPSA) is 83.9 Å². The van der Waals surface area contributed by atoms with E-state index >= 15 is 0 Å². The first-order valence-electron chi connectivity index (χ1n) is 7.22. The minimum absolute atomic E-state index is 0.0276. The minimum Gasteiger partial charge on any atom is -0.497 e. The summed E-state index contributed by atoms with van der Waals surface area (Å²) in [7, 11) is 1.52. The second-order valence-corrected chi connectivity index (χ2v) is 5.24. The van der Waals surface area contributed by atoms with E-state index in [4.69, 9.17) is 9.84 Å². The summed E-state index contributed by atoms with van der Waals surface area (Å²) in [6, 6.07) is 6.01. The van der Waals surface area contributed by atoms with Crippen molar-refractivity contribution in [2.75, 3.05) is 13.7 Å². The summed E-state index contributed by atoms with van der Waals surface area (Å²) in [6.45, 7) is 0.448. The number of hydrogen-bond acceptors (Lipinski definition) is 4. The number of carbonyl (C=O) groups is 3. The molecule has 1 heterocycles. The Kier molecular flexibility index (Phi) is 5.14. The van der Waals surface area contributed by atoms with Crippen LogP contribution in [0.5, 0.6) is 5.75 Å². The second kappa shape index (κ2) is 7.06. The molecule has 0 unspecified atom stereocenters. The van der Waals surface area contributed by atoms with Crippen LogP contribution in [0.25, 0.3) is 0 Å². The van der Waals surface area contributed by atoms with E-state index in [0.29, 0.717) is 30.7 Å². The number of carbonyl (C=O) groups excluding carboxylic acids is 2. The van der Waals surface area contributed by atoms with Crippen LogP contribution in [0.4, 0.5) is 0 Å². The number of aliphatic carboxylic acids is 1. The lowest BCUT2D eigenvalue weighted by Gasteiger charge is -2.21. The van der Waals surface area contributed by atoms with Crippen molar-refractivity contribution >= 4 is 17.7 Å². The summed E-state index contributed by atoms with van der Waals surface area (Å²) < 4.78 is 5.06. The number of rotatable bonds is 6. The molecule has 118 valence electrons. The van der Waals surface area contributed by atoms with E-state index in [9.17, 15) is 14.4 Å². The lowest BCUT2D eigenvalue weighted by Crippen LogP contribution is -2.40. The van der Waals surface area contributed by atoms with Crippen LogP contribution in [0, 0.1) is 0 Å². The Labute approximate surface area is 128 Å². The van der Waals surface area contributed by atoms with E-state index < -0.39 is 12.0 Å². The van der Waals surface area contributed by atoms with Crippen molar-refractivity contribution in [2.24, 2.45) is 0 Å². The van der Waals surface area contributed by atoms with Gasteiger partial charge in [0.1, 0.15) is 11.8 Å². The van der Waals surface area contributed by atoms with Crippen LogP contribution in [-0.2, 0) is 9.59 Å². The summed E-state index contributed by atoms with van der Waals surface area (Å²) in [6.07, 6.45) is 1.26. The number of hydrogen-bond donors (Lipinski definition) is 1. The fourth-order valence-corrected chi connectivity index (χ4v) is 2.63. The van der Waals surface area contributed by atoms with E-state index in [2.05, 4.69) is 0 Å². The van der Waals surface area contributed by atoms with E-state index in [0.717, 1.165) is 0 Å². The number of carboxylic acid groups (broad SMARTS) is 1. The first-order valence-corrected chi connectivity index (χ1v) is 7.22. The molecule has 1 saturated heterocycles. The molecule has 6 nitrogen and oxygen atoms in total. The number of benzene rings is 1. The van der Waals surface area contributed by atoms with Crippen molar-refractivity contribution < 1.29 is 24.2 Å². The van der Waals surface area contributed by atoms with Gasteiger partial charge in [-0.3, -0.25) is 9.59 Å². The molecule has 1 aromatic rings. The van der Waals surface area contributed by atoms with Crippen LogP contribution in [0.3, 0.4) is 0 Å². The number of nitrogens with zero attached hydrogens (tertiary/aromatic N) is 1. The van der Waals surface area contributed by atoms with Crippen molar-refractivity contribution in [3.63, 3.8) is 0 Å². The van der Waals surface area contributed by atoms with Crippen LogP contribution in [-0.4, -0.2) is 47.4 Å². The number of methoxy groups -OCH3 is 1. The Bertz CT molecular complexity index is 584. The summed E-state index contributed by atoms with van der Waals surface area (Å²) in [5, 5.41) is 9.07. The first kappa shape index (κ1) is 16.0. The van der Waals surface area contributed by atoms with Gasteiger partial charge in [0.2, 0.25) is 5.91 Å². The number of Topliss-reactive ketones (excluding diaryl/α,β-unsaturated/α-hetero) is 1. The zero-order valence-corrected chi connectivity index (χ0v) is 12.4. The van der Waals surface area contributed by atoms with Crippen LogP contribution in [0.15, 0.2) is 24.3 Å². The summed E-state index contributed by atoms with van der Waals surface area (Å²) >= 11 is 0. The molecule has 0 spiro atoms. The van der Waals surface area contributed by atoms with Gasteiger partial charge in [-0.05, 0) is 25.0 Å². The molecule has 1 atom stereocenters. The summed E-state index contributed by atoms with van der Waals surface area (Å²) in [5.74, 6) is -0.827. The highest BCUT2D eigenvalue weighted by Crippen LogP contribution is 2.20. The zero-order chi connectivity index (χ0) is 16.1. The molecule has 1 amide bonds. The molecule has 22 heavy (non-hydrogen) atoms. The van der Waals surface area contributed by atoms with Gasteiger partial charge >= 0.3 is 5.97 Å². The van der Waals surface area contributed by atoms with Crippen molar-refractivity contribution in [2.45, 2.75) is 31.7 Å². The number of ether oxygens (including phenoxy) is 1. The highest BCUT2D eigenvalue weighted by Gasteiger charge is 2.33. The second-order valence-electron chi connectivity index (χ2n) is 5.24. The SMILES string of the molecule is COc1cccc(C(=O)CCC(=O)N2CCC[C@H]2C(=O)O)c1. The van der Waals surface area contributed by atoms with Crippen molar-refractivity contribution in [3.05, 3.63) is 29.8 Å². The molecular formula is C16H19NO5. The fourth-order valence-electron chi connectivity index (χ4n) is 2.63. The Balaban J connectivity index is 1.93. The summed E-state index contributed by atoms with van der Waals surface area (Å²) in [4.78, 5) is 36.6. The maximum absolute atomic E-state index is 12.1. The molecule has 2 rings (SSSR count). The predicted molar refractivity (Wildman–Crippen MR) is 78.9 cm³/mol. The Hall–Kier alpha value is -2.37. The van der Waals surface area contributed by atoms with Crippen molar-refractivity contribution in [1.82, 2.24) is 4.90 Å². The summed E-state index contributed by atoms with van der Waals surface area (Å²) in [5.41, 5.74) is 0.489. The van der Waals surface area contributed by atoms with Gasteiger partial charge in [-0.2, -0.15) is 0 Å². The van der Waals surface area contributed by atoms with Gasteiger partial charge in [0.25, 0.3) is 0 Å². The van der Waals surface area contributed by atoms with Gasteiger partial charge in [0, 0.05) is 24.9 Å². The smallest absolute Gasteiger partial charge is 0.326 e. The largest absolute Gasteiger partial charge is 0.497 e. The van der Waals surface area contributed by atoms with Crippen LogP contribution in [0.1, 0.15) is 36.0 Å². The van der Waals surface area contributed by atoms with Crippen molar-refractivity contribution in [3.8, 4) is 5.75 Å². The third-order valence-corrected chi connectivity index (χ3v) is 3.82. The highest BCUT2D eigenvalue weighted by atomic mass is 16.5. The molecule has 0 bridgehead atoms. The van der Waals surface area contributed by atoms with Crippen LogP contribution < -0.4 is 4.74 Å². The first-order chi connectivity index (χ1) is 10.5. The Morgan fingerprint density at radius 2 is 2.09 bits per heavy atom. The van der Waals surface area contributed by atoms with Crippen LogP contribution >= 0.6 is 0 Å². The molecule has 1 aliphatic heterocycles. The molecule has 0 aliphatic carbocycles. The predicted octanol–water partition coefficient (Wildman–Crippen LogP) is 1.73. The number of amides is 1. The van der Waals surface area contributed by atoms with Gasteiger partial charge in [-0.1, -0.05) is 12.1 Å². The van der Waals surface area contributed by atoms with Gasteiger partial charge in [0.15, 0.2) is 5.78 Å². The molecule has 1 aliphatic rings. The fraction of sp³-hybridized carbons (Fsp3) is 0.438. The van der Waals surface area contributed by atoms with Gasteiger partial charge in [-0.15, -0.1) is 0 Å². The molecule has 1 fully saturated rings. The number of likely N-dealkylation sites (tertiary alicyclic amines) is 1. The normalized spacial score (nSPS) is 17.3. The number of ketones is 1. The maximum atomic E-state index is 12.1. The van der Waals surface area contributed by atoms with E-state index in [1.807, 2.05) is 0 Å². The molecule has 6 heteroatoms. The van der Waals surface area contributed by atoms with Crippen LogP contribution in [0.2, 0.25) is 0 Å². The molecule has 1 aromatic carbocycles. The maximum Gasteiger partial charge on any atom is 0.326 e. The van der Waals surface area contributed by atoms with E-state index in [-0.39, 0.29) is 24.5 Å². The van der Waals surface area contributed by atoms with Gasteiger partial charge < -0.3 is 14.7 Å². The minimum atomic E-state index is -0.982. The quantitative estimate of drug-likeness (QED) is 0.809. The average Bonchev–Trinajstić information content (AvgIpc) is 3.02.